The summed E-state index contributed by atoms with van der Waals surface area (Å²) in [4.78, 5) is 13.0. The van der Waals surface area contributed by atoms with Crippen molar-refractivity contribution in [1.29, 1.82) is 0 Å². The predicted molar refractivity (Wildman–Crippen MR) is 98.3 cm³/mol. The predicted octanol–water partition coefficient (Wildman–Crippen LogP) is 3.93. The summed E-state index contributed by atoms with van der Waals surface area (Å²) in [7, 11) is 0. The Morgan fingerprint density at radius 1 is 1.25 bits per heavy atom. The quantitative estimate of drug-likeness (QED) is 0.754. The van der Waals surface area contributed by atoms with Gasteiger partial charge in [-0.3, -0.25) is 4.90 Å². The first kappa shape index (κ1) is 21.5. The summed E-state index contributed by atoms with van der Waals surface area (Å²) >= 11 is 1.87. The highest BCUT2D eigenvalue weighted by Crippen LogP contribution is 2.33. The number of ether oxygens (including phenoxy) is 2. The fraction of sp³-hybridized carbons (Fsp3) is 0.737. The number of rotatable bonds is 6. The van der Waals surface area contributed by atoms with E-state index in [1.54, 1.807) is 0 Å². The second kappa shape index (κ2) is 9.56. The molecule has 9 heteroatoms. The first-order chi connectivity index (χ1) is 13.3. The number of carboxylic acid groups (broad SMARTS) is 1. The fourth-order valence-electron chi connectivity index (χ4n) is 3.66. The number of nitrogens with zero attached hydrogens (tertiary/aromatic N) is 1. The molecule has 0 unspecified atom stereocenters. The molecular weight excluding hydrogens is 395 g/mol. The van der Waals surface area contributed by atoms with E-state index in [-0.39, 0.29) is 0 Å². The molecule has 2 aliphatic heterocycles. The van der Waals surface area contributed by atoms with Crippen molar-refractivity contribution < 1.29 is 32.5 Å². The lowest BCUT2D eigenvalue weighted by atomic mass is 9.99. The minimum absolute atomic E-state index is 0.340. The number of alkyl halides is 3. The monoisotopic (exact) mass is 421 g/mol. The number of hydrogen-bond acceptors (Lipinski definition) is 5. The third-order valence-electron chi connectivity index (χ3n) is 5.29. The Morgan fingerprint density at radius 2 is 2.00 bits per heavy atom. The lowest BCUT2D eigenvalue weighted by molar-refractivity contribution is -0.192. The molecule has 5 nitrogen and oxygen atoms in total. The summed E-state index contributed by atoms with van der Waals surface area (Å²) in [6.45, 7) is 4.05. The van der Waals surface area contributed by atoms with Crippen molar-refractivity contribution in [3.63, 3.8) is 0 Å². The van der Waals surface area contributed by atoms with E-state index in [1.165, 1.54) is 37.1 Å². The molecule has 3 atom stereocenters. The van der Waals surface area contributed by atoms with Gasteiger partial charge in [0.05, 0.1) is 18.8 Å². The van der Waals surface area contributed by atoms with Crippen LogP contribution in [0.4, 0.5) is 13.2 Å². The number of halogens is 3. The topological polar surface area (TPSA) is 59.0 Å². The maximum Gasteiger partial charge on any atom is 0.490 e. The van der Waals surface area contributed by atoms with Gasteiger partial charge in [-0.15, -0.1) is 11.3 Å². The Balaban J connectivity index is 0.000000279. The van der Waals surface area contributed by atoms with Crippen molar-refractivity contribution in [2.45, 2.75) is 63.1 Å². The summed E-state index contributed by atoms with van der Waals surface area (Å²) < 4.78 is 43.9. The molecule has 0 spiro atoms. The summed E-state index contributed by atoms with van der Waals surface area (Å²) in [5.41, 5.74) is 0. The highest BCUT2D eigenvalue weighted by Gasteiger charge is 2.40. The molecule has 1 N–H and O–H groups in total. The van der Waals surface area contributed by atoms with Gasteiger partial charge in [-0.05, 0) is 49.5 Å². The third kappa shape index (κ3) is 6.43. The molecule has 3 heterocycles. The molecule has 3 fully saturated rings. The van der Waals surface area contributed by atoms with Crippen molar-refractivity contribution in [3.05, 3.63) is 22.4 Å². The van der Waals surface area contributed by atoms with Gasteiger partial charge >= 0.3 is 12.1 Å². The van der Waals surface area contributed by atoms with E-state index in [2.05, 4.69) is 22.4 Å². The van der Waals surface area contributed by atoms with Crippen LogP contribution in [0.3, 0.4) is 0 Å². The van der Waals surface area contributed by atoms with Gasteiger partial charge in [0.1, 0.15) is 0 Å². The van der Waals surface area contributed by atoms with Gasteiger partial charge in [-0.1, -0.05) is 6.07 Å². The third-order valence-corrected chi connectivity index (χ3v) is 6.15. The van der Waals surface area contributed by atoms with Gasteiger partial charge in [0.2, 0.25) is 0 Å². The fourth-order valence-corrected chi connectivity index (χ4v) is 4.39. The molecule has 0 amide bonds. The Kier molecular flexibility index (Phi) is 7.36. The second-order valence-electron chi connectivity index (χ2n) is 7.56. The molecule has 1 aliphatic carbocycles. The van der Waals surface area contributed by atoms with Crippen molar-refractivity contribution in [1.82, 2.24) is 4.90 Å². The van der Waals surface area contributed by atoms with Gasteiger partial charge < -0.3 is 14.6 Å². The molecule has 3 aliphatic rings. The minimum atomic E-state index is -5.08. The molecular formula is C19H26F3NO4S. The molecule has 1 aromatic rings. The van der Waals surface area contributed by atoms with Crippen molar-refractivity contribution in [3.8, 4) is 0 Å². The van der Waals surface area contributed by atoms with E-state index in [9.17, 15) is 13.2 Å². The van der Waals surface area contributed by atoms with E-state index in [4.69, 9.17) is 19.4 Å². The Bertz CT molecular complexity index is 621. The van der Waals surface area contributed by atoms with Gasteiger partial charge in [0.25, 0.3) is 0 Å². The van der Waals surface area contributed by atoms with Gasteiger partial charge in [0.15, 0.2) is 0 Å². The highest BCUT2D eigenvalue weighted by atomic mass is 32.1. The molecule has 158 valence electrons. The SMILES string of the molecule is O=C(O)C(F)(F)F.c1csc(CN2CC[C@@H]3O[C@@H](COCC4CC4)CC[C@@H]32)c1. The van der Waals surface area contributed by atoms with E-state index in [1.807, 2.05) is 11.3 Å². The molecule has 0 radical (unpaired) electrons. The zero-order valence-electron chi connectivity index (χ0n) is 15.6. The van der Waals surface area contributed by atoms with Crippen LogP contribution >= 0.6 is 11.3 Å². The van der Waals surface area contributed by atoms with Gasteiger partial charge in [-0.2, -0.15) is 13.2 Å². The molecule has 0 bridgehead atoms. The highest BCUT2D eigenvalue weighted by molar-refractivity contribution is 7.09. The molecule has 0 aromatic carbocycles. The maximum atomic E-state index is 10.6. The normalized spacial score (nSPS) is 27.8. The lowest BCUT2D eigenvalue weighted by Crippen LogP contribution is -2.43. The van der Waals surface area contributed by atoms with Crippen LogP contribution in [0.2, 0.25) is 0 Å². The van der Waals surface area contributed by atoms with Crippen LogP contribution < -0.4 is 0 Å². The second-order valence-corrected chi connectivity index (χ2v) is 8.60. The first-order valence-electron chi connectivity index (χ1n) is 9.62. The number of carbonyl (C=O) groups is 1. The Labute approximate surface area is 166 Å². The average Bonchev–Trinajstić information content (AvgIpc) is 3.16. The number of aliphatic carboxylic acids is 1. The van der Waals surface area contributed by atoms with Crippen molar-refractivity contribution in [2.75, 3.05) is 19.8 Å². The van der Waals surface area contributed by atoms with Crippen LogP contribution in [-0.4, -0.2) is 60.2 Å². The zero-order chi connectivity index (χ0) is 20.1. The molecule has 28 heavy (non-hydrogen) atoms. The number of hydrogen-bond donors (Lipinski definition) is 1. The largest absolute Gasteiger partial charge is 0.490 e. The summed E-state index contributed by atoms with van der Waals surface area (Å²) in [5, 5.41) is 9.30. The smallest absolute Gasteiger partial charge is 0.475 e. The van der Waals surface area contributed by atoms with Crippen LogP contribution in [0.1, 0.15) is 37.0 Å². The van der Waals surface area contributed by atoms with E-state index in [0.29, 0.717) is 18.2 Å². The lowest BCUT2D eigenvalue weighted by Gasteiger charge is -2.35. The summed E-state index contributed by atoms with van der Waals surface area (Å²) in [5.74, 6) is -1.90. The molecule has 4 rings (SSSR count). The summed E-state index contributed by atoms with van der Waals surface area (Å²) in [6, 6.07) is 5.03. The van der Waals surface area contributed by atoms with Crippen molar-refractivity contribution >= 4 is 17.3 Å². The number of thiophene rings is 1. The van der Waals surface area contributed by atoms with E-state index >= 15 is 0 Å². The molecule has 1 aromatic heterocycles. The van der Waals surface area contributed by atoms with Crippen LogP contribution in [0.25, 0.3) is 0 Å². The van der Waals surface area contributed by atoms with Gasteiger partial charge in [0, 0.05) is 30.6 Å². The van der Waals surface area contributed by atoms with Crippen LogP contribution in [0, 0.1) is 5.92 Å². The number of fused-ring (bicyclic) bond motifs is 1. The zero-order valence-corrected chi connectivity index (χ0v) is 16.4. The number of likely N-dealkylation sites (tertiary alicyclic amines) is 1. The molecule has 1 saturated carbocycles. The Morgan fingerprint density at radius 3 is 2.61 bits per heavy atom. The van der Waals surface area contributed by atoms with Crippen LogP contribution in [0.15, 0.2) is 17.5 Å². The minimum Gasteiger partial charge on any atom is -0.475 e. The van der Waals surface area contributed by atoms with Crippen LogP contribution in [0.5, 0.6) is 0 Å². The first-order valence-corrected chi connectivity index (χ1v) is 10.5. The summed E-state index contributed by atoms with van der Waals surface area (Å²) in [6.07, 6.45) is 2.05. The standard InChI is InChI=1S/C17H25NO2S.C2HF3O2/c1-2-15(21-9-1)10-18-8-7-17-16(18)6-5-14(20-17)12-19-11-13-3-4-13;3-2(4,5)1(6)7/h1-2,9,13-14,16-17H,3-8,10-12H2;(H,6,7)/t14-,16+,17+;/m1./s1. The number of carboxylic acids is 1. The maximum absolute atomic E-state index is 10.6. The van der Waals surface area contributed by atoms with Crippen LogP contribution in [-0.2, 0) is 20.8 Å². The van der Waals surface area contributed by atoms with Gasteiger partial charge in [-0.25, -0.2) is 4.79 Å². The average molecular weight is 421 g/mol. The Hall–Kier alpha value is -1.16. The van der Waals surface area contributed by atoms with Crippen molar-refractivity contribution in [2.24, 2.45) is 5.92 Å². The molecule has 2 saturated heterocycles. The van der Waals surface area contributed by atoms with E-state index in [0.717, 1.165) is 32.1 Å². The van der Waals surface area contributed by atoms with E-state index < -0.39 is 12.1 Å².